The van der Waals surface area contributed by atoms with Crippen LogP contribution in [-0.2, 0) is 0 Å². The maximum atomic E-state index is 5.15. The molecule has 3 aromatic rings. The van der Waals surface area contributed by atoms with Gasteiger partial charge in [0.25, 0.3) is 0 Å². The Bertz CT molecular complexity index is 1290. The first-order valence-corrected chi connectivity index (χ1v) is 11.7. The molecule has 1 saturated heterocycles. The Balaban J connectivity index is 1.66. The van der Waals surface area contributed by atoms with Gasteiger partial charge >= 0.3 is 0 Å². The van der Waals surface area contributed by atoms with Gasteiger partial charge in [0.05, 0.1) is 11.7 Å². The number of aliphatic imine (C=N–C) groups is 1. The van der Waals surface area contributed by atoms with Gasteiger partial charge in [0.1, 0.15) is 12.5 Å². The van der Waals surface area contributed by atoms with Crippen molar-refractivity contribution in [3.8, 4) is 0 Å². The number of pyridine rings is 1. The predicted octanol–water partition coefficient (Wildman–Crippen LogP) is 4.40. The van der Waals surface area contributed by atoms with Gasteiger partial charge in [0.15, 0.2) is 5.82 Å². The summed E-state index contributed by atoms with van der Waals surface area (Å²) in [6, 6.07) is 10.5. The van der Waals surface area contributed by atoms with Crippen LogP contribution in [0.15, 0.2) is 60.4 Å². The third-order valence-electron chi connectivity index (χ3n) is 6.88. The highest BCUT2D eigenvalue weighted by Crippen LogP contribution is 2.37. The number of hydrogen-bond acceptors (Lipinski definition) is 7. The number of rotatable bonds is 3. The molecule has 1 unspecified atom stereocenters. The number of hydrogen-bond donors (Lipinski definition) is 2. The van der Waals surface area contributed by atoms with Crippen molar-refractivity contribution < 1.29 is 0 Å². The molecule has 0 radical (unpaired) electrons. The van der Waals surface area contributed by atoms with Crippen LogP contribution in [-0.4, -0.2) is 54.0 Å². The van der Waals surface area contributed by atoms with E-state index in [1.165, 1.54) is 0 Å². The fraction of sp³-hybridized carbons (Fsp3) is 0.333. The van der Waals surface area contributed by atoms with E-state index in [4.69, 9.17) is 9.97 Å². The maximum absolute atomic E-state index is 5.15. The van der Waals surface area contributed by atoms with Crippen LogP contribution >= 0.6 is 0 Å². The molecule has 174 valence electrons. The Morgan fingerprint density at radius 3 is 2.85 bits per heavy atom. The zero-order valence-corrected chi connectivity index (χ0v) is 20.0. The fourth-order valence-corrected chi connectivity index (χ4v) is 5.04. The maximum Gasteiger partial charge on any atom is 0.162 e. The van der Waals surface area contributed by atoms with E-state index in [9.17, 15) is 0 Å². The molecule has 7 heteroatoms. The molecule has 0 bridgehead atoms. The summed E-state index contributed by atoms with van der Waals surface area (Å²) in [4.78, 5) is 21.2. The molecule has 1 fully saturated rings. The number of anilines is 2. The lowest BCUT2D eigenvalue weighted by molar-refractivity contribution is 0.215. The van der Waals surface area contributed by atoms with Crippen molar-refractivity contribution in [3.63, 3.8) is 0 Å². The second kappa shape index (κ2) is 8.99. The average Bonchev–Trinajstić information content (AvgIpc) is 2.92. The molecular weight excluding hydrogens is 422 g/mol. The van der Waals surface area contributed by atoms with E-state index in [1.807, 2.05) is 42.7 Å². The number of fused-ring (bicyclic) bond motifs is 2. The Morgan fingerprint density at radius 1 is 1.15 bits per heavy atom. The van der Waals surface area contributed by atoms with Gasteiger partial charge in [-0.15, -0.1) is 0 Å². The van der Waals surface area contributed by atoms with Gasteiger partial charge in [0, 0.05) is 54.3 Å². The Hall–Kier alpha value is -3.58. The molecule has 0 spiro atoms. The molecule has 0 saturated carbocycles. The second-order valence-corrected chi connectivity index (χ2v) is 9.62. The molecule has 4 heterocycles. The number of piperidine rings is 1. The summed E-state index contributed by atoms with van der Waals surface area (Å²) >= 11 is 0. The van der Waals surface area contributed by atoms with E-state index in [0.717, 1.165) is 58.6 Å². The lowest BCUT2D eigenvalue weighted by Gasteiger charge is -2.44. The third-order valence-corrected chi connectivity index (χ3v) is 6.88. The molecule has 0 amide bonds. The number of para-hydroxylation sites is 1. The topological polar surface area (TPSA) is 78.3 Å². The van der Waals surface area contributed by atoms with E-state index < -0.39 is 0 Å². The van der Waals surface area contributed by atoms with E-state index in [1.54, 1.807) is 6.21 Å². The van der Waals surface area contributed by atoms with E-state index in [-0.39, 0.29) is 5.41 Å². The van der Waals surface area contributed by atoms with E-state index >= 15 is 0 Å². The fourth-order valence-electron chi connectivity index (χ4n) is 5.04. The molecule has 1 aromatic carbocycles. The first-order chi connectivity index (χ1) is 16.5. The first kappa shape index (κ1) is 22.2. The van der Waals surface area contributed by atoms with Gasteiger partial charge in [-0.2, -0.15) is 0 Å². The normalized spacial score (nSPS) is 22.4. The molecular formula is C27H31N7. The van der Waals surface area contributed by atoms with Gasteiger partial charge < -0.3 is 15.5 Å². The summed E-state index contributed by atoms with van der Waals surface area (Å²) in [5, 5.41) is 7.90. The monoisotopic (exact) mass is 453 g/mol. The van der Waals surface area contributed by atoms with Crippen molar-refractivity contribution in [1.29, 1.82) is 0 Å². The number of nitrogens with zero attached hydrogens (tertiary/aromatic N) is 5. The summed E-state index contributed by atoms with van der Waals surface area (Å²) in [6.45, 7) is 11.5. The quantitative estimate of drug-likeness (QED) is 0.612. The van der Waals surface area contributed by atoms with Crippen molar-refractivity contribution in [3.05, 3.63) is 66.8 Å². The minimum Gasteiger partial charge on any atom is -0.366 e. The molecule has 2 N–H and O–H groups in total. The molecule has 2 aliphatic rings. The minimum atomic E-state index is 0.107. The zero-order valence-electron chi connectivity index (χ0n) is 20.0. The molecule has 2 aromatic heterocycles. The van der Waals surface area contributed by atoms with Gasteiger partial charge in [-0.25, -0.2) is 9.97 Å². The lowest BCUT2D eigenvalue weighted by atomic mass is 9.79. The number of nitrogens with one attached hydrogen (secondary N) is 2. The summed E-state index contributed by atoms with van der Waals surface area (Å²) < 4.78 is 0. The Kier molecular flexibility index (Phi) is 5.87. The minimum absolute atomic E-state index is 0.107. The third kappa shape index (κ3) is 4.07. The highest BCUT2D eigenvalue weighted by molar-refractivity contribution is 6.10. The Morgan fingerprint density at radius 2 is 2.00 bits per heavy atom. The van der Waals surface area contributed by atoms with Crippen LogP contribution in [0.5, 0.6) is 0 Å². The smallest absolute Gasteiger partial charge is 0.162 e. The summed E-state index contributed by atoms with van der Waals surface area (Å²) in [5.41, 5.74) is 4.64. The van der Waals surface area contributed by atoms with Crippen LogP contribution in [0.2, 0.25) is 0 Å². The molecule has 7 nitrogen and oxygen atoms in total. The predicted molar refractivity (Wildman–Crippen MR) is 141 cm³/mol. The van der Waals surface area contributed by atoms with Crippen LogP contribution in [0, 0.1) is 5.41 Å². The summed E-state index contributed by atoms with van der Waals surface area (Å²) in [6.07, 6.45) is 8.43. The zero-order chi connectivity index (χ0) is 23.7. The standard InChI is InChI=1S/C27H31N7/c1-18-19-7-5-6-8-22(19)31-17-30-13-9-20(18)25-32-23-15-28-12-10-21(23)26(33-25)34(4)24-11-14-29-16-27(24,2)3/h5-10,12-13,15,24,29,31H,1,11,14,16-17H2,2-4H3/b20-9+,30-13-. The molecule has 0 aliphatic carbocycles. The van der Waals surface area contributed by atoms with E-state index in [0.29, 0.717) is 18.5 Å². The number of aromatic nitrogens is 3. The number of benzene rings is 1. The number of allylic oxidation sites excluding steroid dienone is 3. The van der Waals surface area contributed by atoms with Gasteiger partial charge in [-0.1, -0.05) is 38.6 Å². The Labute approximate surface area is 200 Å². The second-order valence-electron chi connectivity index (χ2n) is 9.62. The van der Waals surface area contributed by atoms with Gasteiger partial charge in [-0.3, -0.25) is 9.98 Å². The SMILES string of the molecule is C=C1/C(c2nc(N(C)C3CCNCC3(C)C)c3ccncc3n2)=C\C=N/CNc2ccccc21. The van der Waals surface area contributed by atoms with Crippen molar-refractivity contribution in [2.24, 2.45) is 10.4 Å². The highest BCUT2D eigenvalue weighted by Gasteiger charge is 2.36. The largest absolute Gasteiger partial charge is 0.366 e. The van der Waals surface area contributed by atoms with Crippen LogP contribution in [0.3, 0.4) is 0 Å². The van der Waals surface area contributed by atoms with Crippen molar-refractivity contribution in [1.82, 2.24) is 20.3 Å². The molecule has 2 aliphatic heterocycles. The summed E-state index contributed by atoms with van der Waals surface area (Å²) in [7, 11) is 2.15. The van der Waals surface area contributed by atoms with Crippen LogP contribution in [0.25, 0.3) is 22.0 Å². The molecule has 5 rings (SSSR count). The van der Waals surface area contributed by atoms with E-state index in [2.05, 4.69) is 59.1 Å². The van der Waals surface area contributed by atoms with Gasteiger partial charge in [-0.05, 0) is 42.2 Å². The average molecular weight is 454 g/mol. The molecule has 1 atom stereocenters. The van der Waals surface area contributed by atoms with Crippen LogP contribution < -0.4 is 15.5 Å². The first-order valence-electron chi connectivity index (χ1n) is 11.7. The molecule has 34 heavy (non-hydrogen) atoms. The highest BCUT2D eigenvalue weighted by atomic mass is 15.2. The van der Waals surface area contributed by atoms with Crippen molar-refractivity contribution >= 4 is 39.8 Å². The van der Waals surface area contributed by atoms with Crippen LogP contribution in [0.4, 0.5) is 11.5 Å². The van der Waals surface area contributed by atoms with Gasteiger partial charge in [0.2, 0.25) is 0 Å². The van der Waals surface area contributed by atoms with Crippen molar-refractivity contribution in [2.45, 2.75) is 26.3 Å². The van der Waals surface area contributed by atoms with Crippen molar-refractivity contribution in [2.75, 3.05) is 37.0 Å². The van der Waals surface area contributed by atoms with Crippen LogP contribution in [0.1, 0.15) is 31.7 Å². The lowest BCUT2D eigenvalue weighted by Crippen LogP contribution is -2.53. The summed E-state index contributed by atoms with van der Waals surface area (Å²) in [5.74, 6) is 1.54.